The van der Waals surface area contributed by atoms with Gasteiger partial charge in [0.2, 0.25) is 5.91 Å². The van der Waals surface area contributed by atoms with Crippen molar-refractivity contribution in [3.63, 3.8) is 0 Å². The van der Waals surface area contributed by atoms with E-state index in [1.54, 1.807) is 0 Å². The summed E-state index contributed by atoms with van der Waals surface area (Å²) in [6.07, 6.45) is 2.92. The van der Waals surface area contributed by atoms with Gasteiger partial charge in [-0.05, 0) is 29.7 Å². The molecule has 1 aromatic rings. The number of piperazine rings is 1. The van der Waals surface area contributed by atoms with E-state index in [-0.39, 0.29) is 5.92 Å². The zero-order valence-corrected chi connectivity index (χ0v) is 15.7. The molecule has 2 heterocycles. The molecule has 138 valence electrons. The van der Waals surface area contributed by atoms with Crippen LogP contribution in [0.1, 0.15) is 44.6 Å². The van der Waals surface area contributed by atoms with Crippen LogP contribution in [0.3, 0.4) is 0 Å². The monoisotopic (exact) mass is 344 g/mol. The number of hydrogen-bond acceptors (Lipinski definition) is 3. The molecule has 2 aliphatic rings. The Kier molecular flexibility index (Phi) is 6.13. The maximum atomic E-state index is 12.6. The fraction of sp³-hybridized carbons (Fsp3) is 0.667. The Morgan fingerprint density at radius 2 is 1.76 bits per heavy atom. The summed E-state index contributed by atoms with van der Waals surface area (Å²) in [6, 6.07) is 10.4. The summed E-state index contributed by atoms with van der Waals surface area (Å²) >= 11 is 0. The second kappa shape index (κ2) is 8.33. The van der Waals surface area contributed by atoms with Gasteiger partial charge in [-0.1, -0.05) is 44.2 Å². The van der Waals surface area contributed by atoms with E-state index in [2.05, 4.69) is 35.8 Å². The van der Waals surface area contributed by atoms with Gasteiger partial charge in [0.15, 0.2) is 0 Å². The summed E-state index contributed by atoms with van der Waals surface area (Å²) in [5.74, 6) is 0.584. The minimum atomic E-state index is 0.285. The van der Waals surface area contributed by atoms with Gasteiger partial charge in [-0.2, -0.15) is 0 Å². The van der Waals surface area contributed by atoms with Crippen molar-refractivity contribution in [2.24, 2.45) is 5.41 Å². The Labute approximate surface area is 152 Å². The maximum Gasteiger partial charge on any atom is 0.223 e. The first-order chi connectivity index (χ1) is 12.1. The maximum absolute atomic E-state index is 12.6. The fourth-order valence-corrected chi connectivity index (χ4v) is 4.01. The predicted octanol–water partition coefficient (Wildman–Crippen LogP) is 3.14. The first-order valence-corrected chi connectivity index (χ1v) is 9.69. The molecule has 0 unspecified atom stereocenters. The molecule has 4 heteroatoms. The van der Waals surface area contributed by atoms with E-state index in [1.165, 1.54) is 5.56 Å². The van der Waals surface area contributed by atoms with Crippen LogP contribution in [0.2, 0.25) is 0 Å². The van der Waals surface area contributed by atoms with Crippen LogP contribution >= 0.6 is 0 Å². The molecule has 0 bridgehead atoms. The highest BCUT2D eigenvalue weighted by Crippen LogP contribution is 2.31. The van der Waals surface area contributed by atoms with Gasteiger partial charge in [-0.15, -0.1) is 0 Å². The average Bonchev–Trinajstić information content (AvgIpc) is 2.63. The third-order valence-corrected chi connectivity index (χ3v) is 5.88. The minimum Gasteiger partial charge on any atom is -0.381 e. The van der Waals surface area contributed by atoms with Gasteiger partial charge in [0.1, 0.15) is 0 Å². The molecule has 2 aliphatic heterocycles. The van der Waals surface area contributed by atoms with Crippen molar-refractivity contribution in [3.05, 3.63) is 35.9 Å². The molecule has 3 rings (SSSR count). The highest BCUT2D eigenvalue weighted by atomic mass is 16.5. The molecule has 1 amide bonds. The molecule has 0 aromatic heterocycles. The van der Waals surface area contributed by atoms with Gasteiger partial charge in [-0.25, -0.2) is 0 Å². The predicted molar refractivity (Wildman–Crippen MR) is 101 cm³/mol. The standard InChI is InChI=1S/C21H32N2O2/c1-18(19-6-4-3-5-7-19)16-20(24)23-12-10-22(11-13-23)17-21(2)8-14-25-15-9-21/h3-7,18H,8-17H2,1-2H3/t18-/m0/s1. The first-order valence-electron chi connectivity index (χ1n) is 9.69. The topological polar surface area (TPSA) is 32.8 Å². The van der Waals surface area contributed by atoms with Crippen LogP contribution in [0.4, 0.5) is 0 Å². The van der Waals surface area contributed by atoms with Crippen LogP contribution in [-0.4, -0.2) is 61.6 Å². The van der Waals surface area contributed by atoms with Crippen LogP contribution in [-0.2, 0) is 9.53 Å². The van der Waals surface area contributed by atoms with Crippen LogP contribution in [0.15, 0.2) is 30.3 Å². The summed E-state index contributed by atoms with van der Waals surface area (Å²) in [7, 11) is 0. The van der Waals surface area contributed by atoms with Crippen molar-refractivity contribution in [2.75, 3.05) is 45.9 Å². The van der Waals surface area contributed by atoms with Crippen molar-refractivity contribution in [1.82, 2.24) is 9.80 Å². The lowest BCUT2D eigenvalue weighted by Crippen LogP contribution is -2.51. The van der Waals surface area contributed by atoms with Crippen LogP contribution in [0, 0.1) is 5.41 Å². The second-order valence-electron chi connectivity index (χ2n) is 8.10. The third-order valence-electron chi connectivity index (χ3n) is 5.88. The molecule has 1 aromatic carbocycles. The van der Waals surface area contributed by atoms with Gasteiger partial charge in [0, 0.05) is 52.4 Å². The molecule has 4 nitrogen and oxygen atoms in total. The van der Waals surface area contributed by atoms with Crippen molar-refractivity contribution < 1.29 is 9.53 Å². The quantitative estimate of drug-likeness (QED) is 0.823. The van der Waals surface area contributed by atoms with Gasteiger partial charge >= 0.3 is 0 Å². The van der Waals surface area contributed by atoms with Gasteiger partial charge < -0.3 is 9.64 Å². The van der Waals surface area contributed by atoms with E-state index in [9.17, 15) is 4.79 Å². The minimum absolute atomic E-state index is 0.285. The lowest BCUT2D eigenvalue weighted by atomic mass is 9.82. The number of carbonyl (C=O) groups excluding carboxylic acids is 1. The zero-order chi connectivity index (χ0) is 17.7. The molecular weight excluding hydrogens is 312 g/mol. The van der Waals surface area contributed by atoms with E-state index in [1.807, 2.05) is 18.2 Å². The SMILES string of the molecule is C[C@@H](CC(=O)N1CCN(CC2(C)CCOCC2)CC1)c1ccccc1. The van der Waals surface area contributed by atoms with Crippen LogP contribution < -0.4 is 0 Å². The zero-order valence-electron chi connectivity index (χ0n) is 15.7. The van der Waals surface area contributed by atoms with Crippen molar-refractivity contribution >= 4 is 5.91 Å². The third kappa shape index (κ3) is 5.05. The highest BCUT2D eigenvalue weighted by molar-refractivity contribution is 5.77. The molecule has 25 heavy (non-hydrogen) atoms. The van der Waals surface area contributed by atoms with Crippen molar-refractivity contribution in [1.29, 1.82) is 0 Å². The summed E-state index contributed by atoms with van der Waals surface area (Å²) in [5.41, 5.74) is 1.63. The Hall–Kier alpha value is -1.39. The number of rotatable bonds is 5. The molecule has 0 radical (unpaired) electrons. The molecular formula is C21H32N2O2. The van der Waals surface area contributed by atoms with Crippen molar-refractivity contribution in [2.45, 2.75) is 39.0 Å². The van der Waals surface area contributed by atoms with E-state index in [4.69, 9.17) is 4.74 Å². The molecule has 1 atom stereocenters. The Balaban J connectivity index is 1.44. The lowest BCUT2D eigenvalue weighted by molar-refractivity contribution is -0.133. The number of amides is 1. The number of nitrogens with zero attached hydrogens (tertiary/aromatic N) is 2. The fourth-order valence-electron chi connectivity index (χ4n) is 4.01. The Morgan fingerprint density at radius 3 is 2.40 bits per heavy atom. The average molecular weight is 344 g/mol. The number of ether oxygens (including phenoxy) is 1. The van der Waals surface area contributed by atoms with E-state index >= 15 is 0 Å². The molecule has 0 N–H and O–H groups in total. The second-order valence-corrected chi connectivity index (χ2v) is 8.10. The van der Waals surface area contributed by atoms with E-state index in [0.29, 0.717) is 17.7 Å². The smallest absolute Gasteiger partial charge is 0.223 e. The van der Waals surface area contributed by atoms with Crippen LogP contribution in [0.5, 0.6) is 0 Å². The number of hydrogen-bond donors (Lipinski definition) is 0. The lowest BCUT2D eigenvalue weighted by Gasteiger charge is -2.42. The van der Waals surface area contributed by atoms with Gasteiger partial charge in [-0.3, -0.25) is 9.69 Å². The summed E-state index contributed by atoms with van der Waals surface area (Å²) < 4.78 is 5.50. The Bertz CT molecular complexity index is 546. The molecule has 2 saturated heterocycles. The van der Waals surface area contributed by atoms with Gasteiger partial charge in [0.25, 0.3) is 0 Å². The summed E-state index contributed by atoms with van der Waals surface area (Å²) in [4.78, 5) is 17.2. The Morgan fingerprint density at radius 1 is 1.12 bits per heavy atom. The normalized spacial score (nSPS) is 22.6. The number of benzene rings is 1. The first kappa shape index (κ1) is 18.4. The number of carbonyl (C=O) groups is 1. The molecule has 0 saturated carbocycles. The largest absolute Gasteiger partial charge is 0.381 e. The molecule has 2 fully saturated rings. The van der Waals surface area contributed by atoms with Crippen molar-refractivity contribution in [3.8, 4) is 0 Å². The molecule has 0 spiro atoms. The highest BCUT2D eigenvalue weighted by Gasteiger charge is 2.31. The molecule has 0 aliphatic carbocycles. The van der Waals surface area contributed by atoms with Crippen LogP contribution in [0.25, 0.3) is 0 Å². The van der Waals surface area contributed by atoms with Gasteiger partial charge in [0.05, 0.1) is 0 Å². The summed E-state index contributed by atoms with van der Waals surface area (Å²) in [5, 5.41) is 0. The van der Waals surface area contributed by atoms with E-state index < -0.39 is 0 Å². The summed E-state index contributed by atoms with van der Waals surface area (Å²) in [6.45, 7) is 11.2. The van der Waals surface area contributed by atoms with E-state index in [0.717, 1.165) is 58.8 Å².